The van der Waals surface area contributed by atoms with Gasteiger partial charge in [-0.1, -0.05) is 13.8 Å². The minimum atomic E-state index is -0.710. The smallest absolute Gasteiger partial charge is 0.117 e. The van der Waals surface area contributed by atoms with Crippen molar-refractivity contribution < 1.29 is 14.3 Å². The van der Waals surface area contributed by atoms with Crippen molar-refractivity contribution in [2.24, 2.45) is 5.41 Å². The van der Waals surface area contributed by atoms with Crippen LogP contribution in [-0.4, -0.2) is 66.4 Å². The molecule has 0 radical (unpaired) electrons. The number of furan rings is 1. The highest BCUT2D eigenvalue weighted by atomic mass is 16.5. The summed E-state index contributed by atoms with van der Waals surface area (Å²) >= 11 is 0. The van der Waals surface area contributed by atoms with E-state index in [4.69, 9.17) is 9.15 Å². The molecule has 1 aromatic rings. The zero-order chi connectivity index (χ0) is 17.2. The van der Waals surface area contributed by atoms with Crippen LogP contribution in [0.25, 0.3) is 0 Å². The molecule has 0 aromatic carbocycles. The molecule has 1 aromatic heterocycles. The highest BCUT2D eigenvalue weighted by Crippen LogP contribution is 2.40. The quantitative estimate of drug-likeness (QED) is 0.894. The topological polar surface area (TPSA) is 49.1 Å². The van der Waals surface area contributed by atoms with E-state index in [1.165, 1.54) is 12.8 Å². The van der Waals surface area contributed by atoms with E-state index < -0.39 is 5.60 Å². The molecule has 2 aliphatic rings. The average Bonchev–Trinajstić information content (AvgIpc) is 3.04. The van der Waals surface area contributed by atoms with Crippen LogP contribution < -0.4 is 0 Å². The molecule has 0 aliphatic carbocycles. The van der Waals surface area contributed by atoms with Gasteiger partial charge < -0.3 is 14.3 Å². The molecule has 2 aliphatic heterocycles. The molecule has 3 rings (SSSR count). The van der Waals surface area contributed by atoms with Gasteiger partial charge in [0.15, 0.2) is 0 Å². The maximum absolute atomic E-state index is 10.9. The summed E-state index contributed by atoms with van der Waals surface area (Å²) in [7, 11) is 1.68. The zero-order valence-corrected chi connectivity index (χ0v) is 15.3. The Balaban J connectivity index is 1.52. The maximum atomic E-state index is 10.9. The van der Waals surface area contributed by atoms with Crippen LogP contribution in [0.2, 0.25) is 0 Å². The summed E-state index contributed by atoms with van der Waals surface area (Å²) in [4.78, 5) is 5.07. The SMILES string of the molecule is COC[C@]1(O)CCN(C2CCN(Cc3ccco3)CC2)CC1(C)C. The molecule has 0 saturated carbocycles. The molecule has 3 heterocycles. The molecular formula is C19H32N2O3. The molecule has 0 bridgehead atoms. The van der Waals surface area contributed by atoms with Gasteiger partial charge in [-0.05, 0) is 31.4 Å². The Morgan fingerprint density at radius 3 is 2.62 bits per heavy atom. The van der Waals surface area contributed by atoms with Gasteiger partial charge in [0.2, 0.25) is 0 Å². The Labute approximate surface area is 145 Å². The number of ether oxygens (including phenoxy) is 1. The summed E-state index contributed by atoms with van der Waals surface area (Å²) in [5.41, 5.74) is -0.856. The van der Waals surface area contributed by atoms with E-state index in [0.717, 1.165) is 44.9 Å². The first kappa shape index (κ1) is 17.9. The fraction of sp³-hybridized carbons (Fsp3) is 0.789. The fourth-order valence-electron chi connectivity index (χ4n) is 4.28. The molecule has 2 saturated heterocycles. The number of hydrogen-bond donors (Lipinski definition) is 1. The van der Waals surface area contributed by atoms with Gasteiger partial charge >= 0.3 is 0 Å². The van der Waals surface area contributed by atoms with Crippen LogP contribution in [0.1, 0.15) is 38.9 Å². The summed E-state index contributed by atoms with van der Waals surface area (Å²) < 4.78 is 10.7. The third kappa shape index (κ3) is 3.69. The highest BCUT2D eigenvalue weighted by molar-refractivity contribution is 5.02. The third-order valence-electron chi connectivity index (χ3n) is 6.09. The highest BCUT2D eigenvalue weighted by Gasteiger charge is 2.48. The number of aliphatic hydroxyl groups is 1. The number of rotatable bonds is 5. The van der Waals surface area contributed by atoms with Crippen LogP contribution >= 0.6 is 0 Å². The second-order valence-electron chi connectivity index (χ2n) is 8.16. The number of nitrogens with zero attached hydrogens (tertiary/aromatic N) is 2. The van der Waals surface area contributed by atoms with Crippen molar-refractivity contribution in [3.05, 3.63) is 24.2 Å². The van der Waals surface area contributed by atoms with Crippen LogP contribution in [0.15, 0.2) is 22.8 Å². The molecule has 0 spiro atoms. The van der Waals surface area contributed by atoms with E-state index in [0.29, 0.717) is 12.6 Å². The lowest BCUT2D eigenvalue weighted by molar-refractivity contribution is -0.157. The van der Waals surface area contributed by atoms with Crippen LogP contribution in [0, 0.1) is 5.41 Å². The lowest BCUT2D eigenvalue weighted by Gasteiger charge is -2.52. The Bertz CT molecular complexity index is 509. The molecule has 1 N–H and O–H groups in total. The van der Waals surface area contributed by atoms with Crippen molar-refractivity contribution in [3.8, 4) is 0 Å². The standard InChI is InChI=1S/C19H32N2O3/c1-18(2)14-21(11-8-19(18,22)15-23-3)16-6-9-20(10-7-16)13-17-5-4-12-24-17/h4-5,12,16,22H,6-11,13-15H2,1-3H3/t19-/m1/s1. The predicted octanol–water partition coefficient (Wildman–Crippen LogP) is 2.35. The summed E-state index contributed by atoms with van der Waals surface area (Å²) in [6, 6.07) is 4.64. The van der Waals surface area contributed by atoms with Gasteiger partial charge in [-0.25, -0.2) is 0 Å². The van der Waals surface area contributed by atoms with Crippen molar-refractivity contribution in [3.63, 3.8) is 0 Å². The summed E-state index contributed by atoms with van der Waals surface area (Å²) in [6.07, 6.45) is 4.93. The van der Waals surface area contributed by atoms with Gasteiger partial charge in [-0.15, -0.1) is 0 Å². The van der Waals surface area contributed by atoms with Crippen molar-refractivity contribution in [1.29, 1.82) is 0 Å². The van der Waals surface area contributed by atoms with Crippen LogP contribution in [0.4, 0.5) is 0 Å². The maximum Gasteiger partial charge on any atom is 0.117 e. The van der Waals surface area contributed by atoms with E-state index in [1.807, 2.05) is 6.07 Å². The summed E-state index contributed by atoms with van der Waals surface area (Å²) in [6.45, 7) is 9.82. The Morgan fingerprint density at radius 1 is 1.29 bits per heavy atom. The molecule has 5 heteroatoms. The van der Waals surface area contributed by atoms with E-state index in [-0.39, 0.29) is 5.41 Å². The Kier molecular flexibility index (Phi) is 5.35. The van der Waals surface area contributed by atoms with Crippen LogP contribution in [0.5, 0.6) is 0 Å². The first-order chi connectivity index (χ1) is 11.4. The molecule has 24 heavy (non-hydrogen) atoms. The minimum Gasteiger partial charge on any atom is -0.468 e. The van der Waals surface area contributed by atoms with E-state index in [9.17, 15) is 5.11 Å². The summed E-state index contributed by atoms with van der Waals surface area (Å²) in [5, 5.41) is 10.9. The van der Waals surface area contributed by atoms with E-state index >= 15 is 0 Å². The van der Waals surface area contributed by atoms with Gasteiger partial charge in [0.1, 0.15) is 5.76 Å². The van der Waals surface area contributed by atoms with Gasteiger partial charge in [-0.3, -0.25) is 9.80 Å². The van der Waals surface area contributed by atoms with E-state index in [1.54, 1.807) is 13.4 Å². The first-order valence-electron chi connectivity index (χ1n) is 9.14. The monoisotopic (exact) mass is 336 g/mol. The lowest BCUT2D eigenvalue weighted by atomic mass is 9.70. The molecule has 0 unspecified atom stereocenters. The normalized spacial score (nSPS) is 29.8. The minimum absolute atomic E-state index is 0.146. The molecular weight excluding hydrogens is 304 g/mol. The third-order valence-corrected chi connectivity index (χ3v) is 6.09. The Hall–Kier alpha value is -0.880. The van der Waals surface area contributed by atoms with Crippen molar-refractivity contribution in [2.45, 2.75) is 51.3 Å². The van der Waals surface area contributed by atoms with Gasteiger partial charge in [0.25, 0.3) is 0 Å². The van der Waals surface area contributed by atoms with Gasteiger partial charge in [-0.2, -0.15) is 0 Å². The molecule has 2 fully saturated rings. The molecule has 1 atom stereocenters. The Morgan fingerprint density at radius 2 is 2.04 bits per heavy atom. The van der Waals surface area contributed by atoms with Crippen LogP contribution in [-0.2, 0) is 11.3 Å². The first-order valence-corrected chi connectivity index (χ1v) is 9.14. The number of piperidine rings is 2. The fourth-order valence-corrected chi connectivity index (χ4v) is 4.28. The summed E-state index contributed by atoms with van der Waals surface area (Å²) in [5.74, 6) is 1.05. The van der Waals surface area contributed by atoms with Crippen LogP contribution in [0.3, 0.4) is 0 Å². The zero-order valence-electron chi connectivity index (χ0n) is 15.3. The molecule has 0 amide bonds. The van der Waals surface area contributed by atoms with E-state index in [2.05, 4.69) is 29.7 Å². The van der Waals surface area contributed by atoms with Crippen molar-refractivity contribution >= 4 is 0 Å². The number of hydrogen-bond acceptors (Lipinski definition) is 5. The van der Waals surface area contributed by atoms with Gasteiger partial charge in [0.05, 0.1) is 25.0 Å². The van der Waals surface area contributed by atoms with Crippen molar-refractivity contribution in [1.82, 2.24) is 9.80 Å². The molecule has 136 valence electrons. The number of methoxy groups -OCH3 is 1. The molecule has 5 nitrogen and oxygen atoms in total. The lowest BCUT2D eigenvalue weighted by Crippen LogP contribution is -2.62. The second-order valence-corrected chi connectivity index (χ2v) is 8.16. The predicted molar refractivity (Wildman–Crippen MR) is 93.8 cm³/mol. The number of likely N-dealkylation sites (tertiary alicyclic amines) is 2. The van der Waals surface area contributed by atoms with Gasteiger partial charge in [0, 0.05) is 44.7 Å². The van der Waals surface area contributed by atoms with Crippen molar-refractivity contribution in [2.75, 3.05) is 39.9 Å². The largest absolute Gasteiger partial charge is 0.468 e. The average molecular weight is 336 g/mol. The second kappa shape index (κ2) is 7.16.